The number of nitrogens with zero attached hydrogens (tertiary/aromatic N) is 5. The maximum Gasteiger partial charge on any atom is 0.303 e. The predicted octanol–water partition coefficient (Wildman–Crippen LogP) is 2.89. The van der Waals surface area contributed by atoms with Crippen LogP contribution < -0.4 is 11.1 Å². The Morgan fingerprint density at radius 2 is 2.03 bits per heavy atom. The number of carbonyl (C=O) groups excluding carboxylic acids is 1. The molecule has 5 rings (SSSR count). The van der Waals surface area contributed by atoms with Crippen molar-refractivity contribution in [2.45, 2.75) is 44.7 Å². The highest BCUT2D eigenvalue weighted by Crippen LogP contribution is 2.36. The van der Waals surface area contributed by atoms with Gasteiger partial charge in [-0.15, -0.1) is 0 Å². The van der Waals surface area contributed by atoms with Crippen LogP contribution in [0.5, 0.6) is 0 Å². The van der Waals surface area contributed by atoms with E-state index >= 15 is 0 Å². The maximum atomic E-state index is 12.2. The first kappa shape index (κ1) is 26.8. The molecule has 1 aromatic rings. The molecule has 10 nitrogen and oxygen atoms in total. The lowest BCUT2D eigenvalue weighted by atomic mass is 9.80. The molecular formula is C26H33Cl2N7O3. The smallest absolute Gasteiger partial charge is 0.303 e. The molecule has 3 atom stereocenters. The number of carboxylic acids is 1. The van der Waals surface area contributed by atoms with Gasteiger partial charge in [0.2, 0.25) is 0 Å². The number of fused-ring (bicyclic) bond motifs is 1. The van der Waals surface area contributed by atoms with Crippen LogP contribution in [0.2, 0.25) is 10.0 Å². The van der Waals surface area contributed by atoms with Gasteiger partial charge in [-0.1, -0.05) is 29.3 Å². The van der Waals surface area contributed by atoms with E-state index in [-0.39, 0.29) is 18.2 Å². The zero-order valence-electron chi connectivity index (χ0n) is 21.3. The van der Waals surface area contributed by atoms with Gasteiger partial charge in [0.25, 0.3) is 5.91 Å². The highest BCUT2D eigenvalue weighted by atomic mass is 35.5. The molecule has 2 fully saturated rings. The molecule has 0 spiro atoms. The Kier molecular flexibility index (Phi) is 7.83. The van der Waals surface area contributed by atoms with Gasteiger partial charge in [-0.25, -0.2) is 10.0 Å². The van der Waals surface area contributed by atoms with E-state index in [1.807, 2.05) is 19.2 Å². The largest absolute Gasteiger partial charge is 0.481 e. The SMILES string of the molecule is CC(c1ccc(Cl)cc1Cl)N1N=C(C(N)=O)[C@@H]2NC=C(N3CC(C4CCCN(CCCC(=O)O)C4)C3)N=C21. The number of hydrogen-bond donors (Lipinski definition) is 3. The van der Waals surface area contributed by atoms with Crippen molar-refractivity contribution in [2.24, 2.45) is 27.7 Å². The number of primary amides is 1. The second-order valence-corrected chi connectivity index (χ2v) is 11.3. The Morgan fingerprint density at radius 1 is 1.24 bits per heavy atom. The molecule has 12 heteroatoms. The summed E-state index contributed by atoms with van der Waals surface area (Å²) in [5.74, 6) is 1.26. The second-order valence-electron chi connectivity index (χ2n) is 10.5. The summed E-state index contributed by atoms with van der Waals surface area (Å²) < 4.78 is 0. The number of nitrogens with one attached hydrogen (secondary N) is 1. The number of likely N-dealkylation sites (tertiary alicyclic amines) is 2. The molecule has 38 heavy (non-hydrogen) atoms. The monoisotopic (exact) mass is 561 g/mol. The summed E-state index contributed by atoms with van der Waals surface area (Å²) in [7, 11) is 0. The molecule has 0 saturated carbocycles. The fourth-order valence-corrected chi connectivity index (χ4v) is 6.36. The topological polar surface area (TPSA) is 127 Å². The van der Waals surface area contributed by atoms with Gasteiger partial charge in [0, 0.05) is 42.3 Å². The number of nitrogens with two attached hydrogens (primary N) is 1. The number of amides is 1. The van der Waals surface area contributed by atoms with E-state index in [2.05, 4.69) is 20.2 Å². The average Bonchev–Trinajstić information content (AvgIpc) is 3.22. The van der Waals surface area contributed by atoms with Crippen molar-refractivity contribution >= 4 is 46.6 Å². The zero-order chi connectivity index (χ0) is 27.0. The van der Waals surface area contributed by atoms with Crippen molar-refractivity contribution in [3.8, 4) is 0 Å². The first-order valence-corrected chi connectivity index (χ1v) is 13.8. The lowest BCUT2D eigenvalue weighted by molar-refractivity contribution is -0.137. The van der Waals surface area contributed by atoms with Gasteiger partial charge in [-0.2, -0.15) is 5.10 Å². The maximum absolute atomic E-state index is 12.2. The van der Waals surface area contributed by atoms with E-state index in [9.17, 15) is 9.59 Å². The molecule has 4 aliphatic heterocycles. The van der Waals surface area contributed by atoms with Crippen LogP contribution in [0.4, 0.5) is 0 Å². The number of amidine groups is 1. The van der Waals surface area contributed by atoms with Gasteiger partial charge in [0.15, 0.2) is 11.5 Å². The molecular weight excluding hydrogens is 529 g/mol. The third-order valence-electron chi connectivity index (χ3n) is 7.93. The van der Waals surface area contributed by atoms with Crippen molar-refractivity contribution < 1.29 is 14.7 Å². The molecule has 4 heterocycles. The molecule has 2 unspecified atom stereocenters. The van der Waals surface area contributed by atoms with E-state index in [0.29, 0.717) is 34.1 Å². The number of hydrogen-bond acceptors (Lipinski definition) is 8. The summed E-state index contributed by atoms with van der Waals surface area (Å²) in [5, 5.41) is 19.5. The van der Waals surface area contributed by atoms with E-state index in [1.165, 1.54) is 6.42 Å². The van der Waals surface area contributed by atoms with Gasteiger partial charge in [-0.05, 0) is 68.8 Å². The normalized spacial score (nSPS) is 24.6. The number of piperidine rings is 1. The fraction of sp³-hybridized carbons (Fsp3) is 0.538. The number of aliphatic carboxylic acids is 1. The highest BCUT2D eigenvalue weighted by molar-refractivity contribution is 6.46. The first-order chi connectivity index (χ1) is 18.2. The van der Waals surface area contributed by atoms with Gasteiger partial charge < -0.3 is 26.0 Å². The molecule has 0 radical (unpaired) electrons. The van der Waals surface area contributed by atoms with Crippen LogP contribution in [0.25, 0.3) is 0 Å². The van der Waals surface area contributed by atoms with Crippen molar-refractivity contribution in [3.05, 3.63) is 45.8 Å². The Morgan fingerprint density at radius 3 is 2.74 bits per heavy atom. The summed E-state index contributed by atoms with van der Waals surface area (Å²) in [5.41, 5.74) is 6.67. The van der Waals surface area contributed by atoms with Crippen molar-refractivity contribution in [2.75, 3.05) is 32.7 Å². The number of carbonyl (C=O) groups is 2. The van der Waals surface area contributed by atoms with Crippen LogP contribution in [-0.2, 0) is 9.59 Å². The van der Waals surface area contributed by atoms with Crippen LogP contribution in [-0.4, -0.2) is 82.1 Å². The minimum atomic E-state index is -0.730. The summed E-state index contributed by atoms with van der Waals surface area (Å²) in [6.07, 6.45) is 5.11. The molecule has 204 valence electrons. The minimum absolute atomic E-state index is 0.211. The van der Waals surface area contributed by atoms with Crippen LogP contribution in [0.3, 0.4) is 0 Å². The first-order valence-electron chi connectivity index (χ1n) is 13.1. The van der Waals surface area contributed by atoms with Crippen LogP contribution in [0.15, 0.2) is 40.3 Å². The number of benzene rings is 1. The van der Waals surface area contributed by atoms with E-state index < -0.39 is 17.9 Å². The molecule has 1 aromatic carbocycles. The number of carboxylic acid groups (broad SMARTS) is 1. The third kappa shape index (κ3) is 5.48. The lowest BCUT2D eigenvalue weighted by Crippen LogP contribution is -2.54. The molecule has 4 aliphatic rings. The Labute approximate surface area is 232 Å². The third-order valence-corrected chi connectivity index (χ3v) is 8.49. The standard InChI is InChI=1S/C26H33Cl2N7O3/c1-15(19-7-6-18(27)10-20(19)28)35-26-24(23(32-35)25(29)38)30-11-21(31-26)34-13-17(14-34)16-4-2-8-33(12-16)9-3-5-22(36)37/h6-7,10-11,15-17,24,30H,2-5,8-9,12-14H2,1H3,(H2,29,38)(H,36,37)/t15?,16?,24-/m0/s1. The molecule has 2 saturated heterocycles. The lowest BCUT2D eigenvalue weighted by Gasteiger charge is -2.48. The molecule has 1 amide bonds. The number of rotatable bonds is 9. The highest BCUT2D eigenvalue weighted by Gasteiger charge is 2.43. The minimum Gasteiger partial charge on any atom is -0.481 e. The zero-order valence-corrected chi connectivity index (χ0v) is 22.8. The van der Waals surface area contributed by atoms with Crippen LogP contribution in [0, 0.1) is 11.8 Å². The van der Waals surface area contributed by atoms with Crippen molar-refractivity contribution in [1.82, 2.24) is 20.1 Å². The number of halogens is 2. The average molecular weight is 563 g/mol. The van der Waals surface area contributed by atoms with Gasteiger partial charge in [0.1, 0.15) is 11.9 Å². The number of hydrazone groups is 1. The number of aliphatic imine (C=N–C) groups is 1. The Balaban J connectivity index is 1.25. The molecule has 0 aliphatic carbocycles. The van der Waals surface area contributed by atoms with Crippen LogP contribution in [0.1, 0.15) is 44.2 Å². The van der Waals surface area contributed by atoms with E-state index in [4.69, 9.17) is 39.0 Å². The molecule has 0 aromatic heterocycles. The van der Waals surface area contributed by atoms with E-state index in [1.54, 1.807) is 17.1 Å². The van der Waals surface area contributed by atoms with Crippen molar-refractivity contribution in [3.63, 3.8) is 0 Å². The predicted molar refractivity (Wildman–Crippen MR) is 147 cm³/mol. The second kappa shape index (κ2) is 11.1. The summed E-state index contributed by atoms with van der Waals surface area (Å²) in [6, 6.07) is 4.50. The summed E-state index contributed by atoms with van der Waals surface area (Å²) in [4.78, 5) is 32.6. The van der Waals surface area contributed by atoms with Gasteiger partial charge in [0.05, 0.1) is 6.04 Å². The fourth-order valence-electron chi connectivity index (χ4n) is 5.80. The molecule has 0 bridgehead atoms. The van der Waals surface area contributed by atoms with Crippen LogP contribution >= 0.6 is 23.2 Å². The summed E-state index contributed by atoms with van der Waals surface area (Å²) in [6.45, 7) is 6.68. The Hall–Kier alpha value is -2.82. The molecule has 4 N–H and O–H groups in total. The van der Waals surface area contributed by atoms with Gasteiger partial charge in [-0.3, -0.25) is 9.59 Å². The Bertz CT molecular complexity index is 1200. The van der Waals surface area contributed by atoms with E-state index in [0.717, 1.165) is 50.5 Å². The quantitative estimate of drug-likeness (QED) is 0.423. The van der Waals surface area contributed by atoms with Gasteiger partial charge >= 0.3 is 5.97 Å². The summed E-state index contributed by atoms with van der Waals surface area (Å²) >= 11 is 12.6. The van der Waals surface area contributed by atoms with Crippen molar-refractivity contribution in [1.29, 1.82) is 0 Å².